The molecule has 118 valence electrons. The predicted octanol–water partition coefficient (Wildman–Crippen LogP) is 4.64. The zero-order valence-electron chi connectivity index (χ0n) is 13.0. The summed E-state index contributed by atoms with van der Waals surface area (Å²) in [6.07, 6.45) is 0. The number of hydrogen-bond acceptors (Lipinski definition) is 4. The molecule has 1 aromatic heterocycles. The van der Waals surface area contributed by atoms with Gasteiger partial charge in [0.25, 0.3) is 0 Å². The number of nitrogens with two attached hydrogens (primary N) is 1. The maximum absolute atomic E-state index is 9.46. The standard InChI is InChI=1S/C19H14BrN3O/c1-24-15-4-2-3-13(9-15)18-10-16(17(11-21)19(22)23-18)12-5-7-14(20)8-6-12/h2-10H,1H3,(H2,22,23). The summed E-state index contributed by atoms with van der Waals surface area (Å²) in [6, 6.07) is 19.4. The number of pyridine rings is 1. The zero-order chi connectivity index (χ0) is 17.1. The molecule has 0 amide bonds. The first kappa shape index (κ1) is 16.0. The summed E-state index contributed by atoms with van der Waals surface area (Å²) in [6.45, 7) is 0. The van der Waals surface area contributed by atoms with E-state index in [9.17, 15) is 5.26 Å². The van der Waals surface area contributed by atoms with Crippen LogP contribution in [0.25, 0.3) is 22.4 Å². The van der Waals surface area contributed by atoms with Crippen LogP contribution in [0.4, 0.5) is 5.82 Å². The summed E-state index contributed by atoms with van der Waals surface area (Å²) in [5.74, 6) is 0.957. The second-order valence-electron chi connectivity index (χ2n) is 5.17. The third kappa shape index (κ3) is 3.10. The van der Waals surface area contributed by atoms with E-state index in [1.165, 1.54) is 0 Å². The average molecular weight is 380 g/mol. The minimum atomic E-state index is 0.218. The number of rotatable bonds is 3. The average Bonchev–Trinajstić information content (AvgIpc) is 2.61. The lowest BCUT2D eigenvalue weighted by atomic mass is 9.98. The van der Waals surface area contributed by atoms with Crippen LogP contribution in [0.2, 0.25) is 0 Å². The fourth-order valence-corrected chi connectivity index (χ4v) is 2.73. The fraction of sp³-hybridized carbons (Fsp3) is 0.0526. The Kier molecular flexibility index (Phi) is 4.50. The molecule has 24 heavy (non-hydrogen) atoms. The van der Waals surface area contributed by atoms with Crippen LogP contribution in [0.5, 0.6) is 5.75 Å². The molecule has 2 aromatic carbocycles. The topological polar surface area (TPSA) is 71.9 Å². The fourth-order valence-electron chi connectivity index (χ4n) is 2.47. The Morgan fingerprint density at radius 3 is 2.50 bits per heavy atom. The van der Waals surface area contributed by atoms with Gasteiger partial charge in [0.2, 0.25) is 0 Å². The van der Waals surface area contributed by atoms with E-state index >= 15 is 0 Å². The Balaban J connectivity index is 2.20. The van der Waals surface area contributed by atoms with Crippen LogP contribution >= 0.6 is 15.9 Å². The van der Waals surface area contributed by atoms with Crippen molar-refractivity contribution in [2.45, 2.75) is 0 Å². The highest BCUT2D eigenvalue weighted by Crippen LogP contribution is 2.32. The van der Waals surface area contributed by atoms with Crippen molar-refractivity contribution in [1.29, 1.82) is 5.26 Å². The van der Waals surface area contributed by atoms with E-state index in [1.807, 2.05) is 54.6 Å². The van der Waals surface area contributed by atoms with Crippen molar-refractivity contribution in [2.75, 3.05) is 12.8 Å². The molecular formula is C19H14BrN3O. The van der Waals surface area contributed by atoms with Crippen molar-refractivity contribution in [3.8, 4) is 34.2 Å². The minimum Gasteiger partial charge on any atom is -0.497 e. The molecule has 0 saturated carbocycles. The normalized spacial score (nSPS) is 10.2. The summed E-state index contributed by atoms with van der Waals surface area (Å²) < 4.78 is 6.23. The lowest BCUT2D eigenvalue weighted by Crippen LogP contribution is -2.00. The van der Waals surface area contributed by atoms with Crippen LogP contribution in [0.1, 0.15) is 5.56 Å². The van der Waals surface area contributed by atoms with Crippen molar-refractivity contribution in [1.82, 2.24) is 4.98 Å². The third-order valence-electron chi connectivity index (χ3n) is 3.68. The summed E-state index contributed by atoms with van der Waals surface area (Å²) in [7, 11) is 1.62. The van der Waals surface area contributed by atoms with Gasteiger partial charge < -0.3 is 10.5 Å². The molecule has 0 bridgehead atoms. The van der Waals surface area contributed by atoms with Crippen molar-refractivity contribution in [2.24, 2.45) is 0 Å². The molecule has 2 N–H and O–H groups in total. The quantitative estimate of drug-likeness (QED) is 0.719. The number of anilines is 1. The van der Waals surface area contributed by atoms with Gasteiger partial charge >= 0.3 is 0 Å². The van der Waals surface area contributed by atoms with Gasteiger partial charge in [-0.25, -0.2) is 4.98 Å². The lowest BCUT2D eigenvalue weighted by Gasteiger charge is -2.11. The van der Waals surface area contributed by atoms with E-state index < -0.39 is 0 Å². The van der Waals surface area contributed by atoms with Gasteiger partial charge in [-0.3, -0.25) is 0 Å². The first-order valence-electron chi connectivity index (χ1n) is 7.23. The molecule has 0 aliphatic rings. The van der Waals surface area contributed by atoms with Crippen LogP contribution in [-0.2, 0) is 0 Å². The molecule has 3 aromatic rings. The largest absolute Gasteiger partial charge is 0.497 e. The van der Waals surface area contributed by atoms with Crippen molar-refractivity contribution in [3.63, 3.8) is 0 Å². The monoisotopic (exact) mass is 379 g/mol. The Labute approximate surface area is 148 Å². The van der Waals surface area contributed by atoms with Gasteiger partial charge in [0.1, 0.15) is 23.2 Å². The van der Waals surface area contributed by atoms with Gasteiger partial charge in [-0.2, -0.15) is 5.26 Å². The van der Waals surface area contributed by atoms with Gasteiger partial charge in [-0.1, -0.05) is 40.2 Å². The summed E-state index contributed by atoms with van der Waals surface area (Å²) in [5, 5.41) is 9.46. The van der Waals surface area contributed by atoms with Crippen LogP contribution in [0.3, 0.4) is 0 Å². The number of methoxy groups -OCH3 is 1. The Hall–Kier alpha value is -2.84. The van der Waals surface area contributed by atoms with Crippen molar-refractivity contribution >= 4 is 21.7 Å². The molecule has 5 heteroatoms. The molecule has 0 spiro atoms. The number of nitrogen functional groups attached to an aromatic ring is 1. The number of nitrogens with zero attached hydrogens (tertiary/aromatic N) is 2. The second kappa shape index (κ2) is 6.73. The molecule has 0 fully saturated rings. The summed E-state index contributed by atoms with van der Waals surface area (Å²) in [5.41, 5.74) is 9.66. The maximum Gasteiger partial charge on any atom is 0.142 e. The molecule has 0 unspecified atom stereocenters. The molecule has 0 aliphatic carbocycles. The van der Waals surface area contributed by atoms with Crippen LogP contribution in [-0.4, -0.2) is 12.1 Å². The molecule has 3 rings (SSSR count). The summed E-state index contributed by atoms with van der Waals surface area (Å²) in [4.78, 5) is 4.38. The van der Waals surface area contributed by atoms with E-state index in [4.69, 9.17) is 10.5 Å². The molecule has 0 atom stereocenters. The van der Waals surface area contributed by atoms with Gasteiger partial charge in [0, 0.05) is 15.6 Å². The first-order valence-corrected chi connectivity index (χ1v) is 8.02. The second-order valence-corrected chi connectivity index (χ2v) is 6.08. The van der Waals surface area contributed by atoms with E-state index in [0.717, 1.165) is 26.9 Å². The van der Waals surface area contributed by atoms with E-state index in [-0.39, 0.29) is 5.82 Å². The first-order chi connectivity index (χ1) is 11.6. The highest BCUT2D eigenvalue weighted by molar-refractivity contribution is 9.10. The lowest BCUT2D eigenvalue weighted by molar-refractivity contribution is 0.415. The highest BCUT2D eigenvalue weighted by Gasteiger charge is 2.13. The van der Waals surface area contributed by atoms with E-state index in [0.29, 0.717) is 11.3 Å². The molecule has 4 nitrogen and oxygen atoms in total. The smallest absolute Gasteiger partial charge is 0.142 e. The van der Waals surface area contributed by atoms with Crippen molar-refractivity contribution < 1.29 is 4.74 Å². The van der Waals surface area contributed by atoms with Crippen LogP contribution in [0.15, 0.2) is 59.1 Å². The minimum absolute atomic E-state index is 0.218. The highest BCUT2D eigenvalue weighted by atomic mass is 79.9. The number of ether oxygens (including phenoxy) is 1. The Bertz CT molecular complexity index is 930. The third-order valence-corrected chi connectivity index (χ3v) is 4.21. The Morgan fingerprint density at radius 2 is 1.83 bits per heavy atom. The van der Waals surface area contributed by atoms with Crippen molar-refractivity contribution in [3.05, 3.63) is 64.6 Å². The molecular weight excluding hydrogens is 366 g/mol. The van der Waals surface area contributed by atoms with Gasteiger partial charge in [-0.05, 0) is 35.9 Å². The van der Waals surface area contributed by atoms with E-state index in [1.54, 1.807) is 7.11 Å². The van der Waals surface area contributed by atoms with Gasteiger partial charge in [0.15, 0.2) is 0 Å². The number of aromatic nitrogens is 1. The molecule has 0 aliphatic heterocycles. The molecule has 1 heterocycles. The number of nitriles is 1. The summed E-state index contributed by atoms with van der Waals surface area (Å²) >= 11 is 3.42. The van der Waals surface area contributed by atoms with Crippen LogP contribution in [0, 0.1) is 11.3 Å². The van der Waals surface area contributed by atoms with Gasteiger partial charge in [-0.15, -0.1) is 0 Å². The SMILES string of the molecule is COc1cccc(-c2cc(-c3ccc(Br)cc3)c(C#N)c(N)n2)c1. The number of benzene rings is 2. The number of hydrogen-bond donors (Lipinski definition) is 1. The van der Waals surface area contributed by atoms with Crippen LogP contribution < -0.4 is 10.5 Å². The molecule has 0 radical (unpaired) electrons. The number of halogens is 1. The zero-order valence-corrected chi connectivity index (χ0v) is 14.5. The molecule has 0 saturated heterocycles. The van der Waals surface area contributed by atoms with E-state index in [2.05, 4.69) is 27.0 Å². The predicted molar refractivity (Wildman–Crippen MR) is 98.5 cm³/mol. The maximum atomic E-state index is 9.46. The van der Waals surface area contributed by atoms with Gasteiger partial charge in [0.05, 0.1) is 12.8 Å². The Morgan fingerprint density at radius 1 is 1.08 bits per heavy atom.